The molecule has 1 aromatic heterocycles. The third-order valence-electron chi connectivity index (χ3n) is 4.39. The summed E-state index contributed by atoms with van der Waals surface area (Å²) in [5.74, 6) is 1.52. The van der Waals surface area contributed by atoms with Crippen molar-refractivity contribution in [3.8, 4) is 0 Å². The van der Waals surface area contributed by atoms with E-state index in [1.165, 1.54) is 22.0 Å². The molecule has 1 heterocycles. The predicted octanol–water partition coefficient (Wildman–Crippen LogP) is 3.55. The van der Waals surface area contributed by atoms with E-state index in [0.29, 0.717) is 17.6 Å². The summed E-state index contributed by atoms with van der Waals surface area (Å²) >= 11 is 0. The molecule has 1 fully saturated rings. The molecular formula is C16H15NO. The Balaban J connectivity index is 1.77. The van der Waals surface area contributed by atoms with Crippen LogP contribution in [-0.2, 0) is 4.79 Å². The van der Waals surface area contributed by atoms with E-state index in [2.05, 4.69) is 41.5 Å². The van der Waals surface area contributed by atoms with Gasteiger partial charge in [-0.15, -0.1) is 0 Å². The third kappa shape index (κ3) is 1.38. The summed E-state index contributed by atoms with van der Waals surface area (Å²) < 4.78 is 0. The van der Waals surface area contributed by atoms with Crippen molar-refractivity contribution in [3.05, 3.63) is 42.1 Å². The highest BCUT2D eigenvalue weighted by Crippen LogP contribution is 2.45. The van der Waals surface area contributed by atoms with E-state index < -0.39 is 0 Å². The van der Waals surface area contributed by atoms with Crippen molar-refractivity contribution in [3.63, 3.8) is 0 Å². The van der Waals surface area contributed by atoms with Gasteiger partial charge in [-0.25, -0.2) is 0 Å². The molecule has 1 N–H and O–H groups in total. The molecule has 0 spiro atoms. The molecule has 2 unspecified atom stereocenters. The van der Waals surface area contributed by atoms with Gasteiger partial charge in [0.05, 0.1) is 0 Å². The number of nitrogens with one attached hydrogen (secondary N) is 1. The maximum Gasteiger partial charge on any atom is 0.133 e. The number of Topliss-reactive ketones (excluding diaryl/α,β-unsaturated/α-hetero) is 1. The average molecular weight is 237 g/mol. The molecule has 1 saturated carbocycles. The number of carbonyl (C=O) groups excluding carboxylic acids is 1. The molecule has 0 radical (unpaired) electrons. The first-order valence-corrected chi connectivity index (χ1v) is 6.60. The molecule has 2 atom stereocenters. The van der Waals surface area contributed by atoms with E-state index in [0.717, 1.165) is 19.3 Å². The lowest BCUT2D eigenvalue weighted by Crippen LogP contribution is -1.97. The topological polar surface area (TPSA) is 32.9 Å². The Morgan fingerprint density at radius 1 is 1.11 bits per heavy atom. The predicted molar refractivity (Wildman–Crippen MR) is 72.1 cm³/mol. The van der Waals surface area contributed by atoms with Gasteiger partial charge in [-0.3, -0.25) is 4.79 Å². The van der Waals surface area contributed by atoms with Crippen LogP contribution in [0.4, 0.5) is 0 Å². The Morgan fingerprint density at radius 3 is 2.89 bits per heavy atom. The van der Waals surface area contributed by atoms with Crippen molar-refractivity contribution >= 4 is 22.3 Å². The summed E-state index contributed by atoms with van der Waals surface area (Å²) in [6.07, 6.45) is 7.06. The number of hydrogen-bond donors (Lipinski definition) is 1. The minimum atomic E-state index is 0.444. The lowest BCUT2D eigenvalue weighted by atomic mass is 9.98. The van der Waals surface area contributed by atoms with Crippen LogP contribution >= 0.6 is 0 Å². The summed E-state index contributed by atoms with van der Waals surface area (Å²) in [4.78, 5) is 14.8. The minimum Gasteiger partial charge on any atom is -0.361 e. The lowest BCUT2D eigenvalue weighted by Gasteiger charge is -2.05. The van der Waals surface area contributed by atoms with E-state index in [4.69, 9.17) is 0 Å². The molecule has 2 aliphatic rings. The molecule has 2 aliphatic carbocycles. The fourth-order valence-electron chi connectivity index (χ4n) is 3.52. The maximum absolute atomic E-state index is 11.4. The van der Waals surface area contributed by atoms with E-state index in [1.807, 2.05) is 0 Å². The number of aromatic amines is 1. The molecule has 4 rings (SSSR count). The monoisotopic (exact) mass is 237 g/mol. The van der Waals surface area contributed by atoms with E-state index in [1.54, 1.807) is 0 Å². The van der Waals surface area contributed by atoms with Crippen molar-refractivity contribution in [1.29, 1.82) is 0 Å². The van der Waals surface area contributed by atoms with Gasteiger partial charge in [0.1, 0.15) is 5.78 Å². The van der Waals surface area contributed by atoms with E-state index in [-0.39, 0.29) is 0 Å². The second-order valence-corrected chi connectivity index (χ2v) is 5.51. The number of hydrogen-bond acceptors (Lipinski definition) is 1. The van der Waals surface area contributed by atoms with Gasteiger partial charge in [0.25, 0.3) is 0 Å². The number of fused-ring (bicyclic) bond motifs is 2. The first-order chi connectivity index (χ1) is 8.81. The summed E-state index contributed by atoms with van der Waals surface area (Å²) in [6, 6.07) is 8.42. The van der Waals surface area contributed by atoms with Crippen molar-refractivity contribution in [2.75, 3.05) is 0 Å². The van der Waals surface area contributed by atoms with Gasteiger partial charge >= 0.3 is 0 Å². The van der Waals surface area contributed by atoms with Gasteiger partial charge in [-0.2, -0.15) is 0 Å². The molecule has 2 heteroatoms. The van der Waals surface area contributed by atoms with E-state index in [9.17, 15) is 4.79 Å². The van der Waals surface area contributed by atoms with Crippen LogP contribution in [0.2, 0.25) is 0 Å². The second-order valence-electron chi connectivity index (χ2n) is 5.51. The third-order valence-corrected chi connectivity index (χ3v) is 4.39. The number of allylic oxidation sites excluding steroid dienone is 2. The van der Waals surface area contributed by atoms with Gasteiger partial charge in [-0.1, -0.05) is 24.3 Å². The van der Waals surface area contributed by atoms with E-state index >= 15 is 0 Å². The van der Waals surface area contributed by atoms with Crippen molar-refractivity contribution < 1.29 is 4.79 Å². The Morgan fingerprint density at radius 2 is 2.00 bits per heavy atom. The normalized spacial score (nSPS) is 26.7. The summed E-state index contributed by atoms with van der Waals surface area (Å²) in [7, 11) is 0. The molecule has 2 aromatic rings. The lowest BCUT2D eigenvalue weighted by molar-refractivity contribution is -0.117. The summed E-state index contributed by atoms with van der Waals surface area (Å²) in [5, 5.41) is 1.30. The highest BCUT2D eigenvalue weighted by molar-refractivity contribution is 5.94. The fraction of sp³-hybridized carbons (Fsp3) is 0.312. The van der Waals surface area contributed by atoms with Gasteiger partial charge < -0.3 is 4.98 Å². The number of H-pyrrole nitrogens is 1. The maximum atomic E-state index is 11.4. The van der Waals surface area contributed by atoms with Crippen molar-refractivity contribution in [2.45, 2.75) is 19.3 Å². The largest absolute Gasteiger partial charge is 0.361 e. The number of carbonyl (C=O) groups is 1. The molecule has 90 valence electrons. The number of ketones is 1. The number of rotatable bonds is 1. The van der Waals surface area contributed by atoms with Gasteiger partial charge in [0, 0.05) is 35.5 Å². The van der Waals surface area contributed by atoms with Gasteiger partial charge in [-0.05, 0) is 29.9 Å². The molecule has 0 bridgehead atoms. The number of benzene rings is 1. The molecular weight excluding hydrogens is 222 g/mol. The Hall–Kier alpha value is -1.83. The van der Waals surface area contributed by atoms with Crippen LogP contribution in [0.15, 0.2) is 36.5 Å². The zero-order valence-electron chi connectivity index (χ0n) is 10.1. The summed E-state index contributed by atoms with van der Waals surface area (Å²) in [5.41, 5.74) is 3.95. The van der Waals surface area contributed by atoms with Crippen LogP contribution in [0.25, 0.3) is 16.5 Å². The average Bonchev–Trinajstić information content (AvgIpc) is 2.99. The molecule has 2 nitrogen and oxygen atoms in total. The van der Waals surface area contributed by atoms with Gasteiger partial charge in [0.2, 0.25) is 0 Å². The Labute approximate surface area is 106 Å². The Bertz CT molecular complexity index is 665. The van der Waals surface area contributed by atoms with Crippen LogP contribution in [-0.4, -0.2) is 10.8 Å². The number of aromatic nitrogens is 1. The first-order valence-electron chi connectivity index (χ1n) is 6.60. The fourth-order valence-corrected chi connectivity index (χ4v) is 3.52. The minimum absolute atomic E-state index is 0.444. The van der Waals surface area contributed by atoms with Crippen LogP contribution in [0.1, 0.15) is 24.8 Å². The molecule has 1 aromatic carbocycles. The highest BCUT2D eigenvalue weighted by atomic mass is 16.1. The molecule has 0 saturated heterocycles. The highest BCUT2D eigenvalue weighted by Gasteiger charge is 2.36. The second kappa shape index (κ2) is 3.58. The van der Waals surface area contributed by atoms with Crippen molar-refractivity contribution in [1.82, 2.24) is 4.98 Å². The molecule has 0 aliphatic heterocycles. The Kier molecular flexibility index (Phi) is 2.01. The van der Waals surface area contributed by atoms with Gasteiger partial charge in [0.15, 0.2) is 0 Å². The van der Waals surface area contributed by atoms with Crippen molar-refractivity contribution in [2.24, 2.45) is 11.8 Å². The van der Waals surface area contributed by atoms with Crippen LogP contribution < -0.4 is 0 Å². The smallest absolute Gasteiger partial charge is 0.133 e. The quantitative estimate of drug-likeness (QED) is 0.808. The van der Waals surface area contributed by atoms with Crippen LogP contribution in [0, 0.1) is 11.8 Å². The SMILES string of the molecule is O=C1CC2C=C(c3c[nH]c4ccccc34)CC2C1. The number of para-hydroxylation sites is 1. The molecule has 18 heavy (non-hydrogen) atoms. The standard InChI is InChI=1S/C16H15NO/c18-13-7-10-5-12(6-11(10)8-13)15-9-17-16-4-2-1-3-14(15)16/h1-5,9-11,17H,6-8H2. The first kappa shape index (κ1) is 10.1. The summed E-state index contributed by atoms with van der Waals surface area (Å²) in [6.45, 7) is 0. The zero-order chi connectivity index (χ0) is 12.1. The van der Waals surface area contributed by atoms with Crippen LogP contribution in [0.5, 0.6) is 0 Å². The zero-order valence-corrected chi connectivity index (χ0v) is 10.1. The molecule has 0 amide bonds. The van der Waals surface area contributed by atoms with Crippen LogP contribution in [0.3, 0.4) is 0 Å².